The first-order chi connectivity index (χ1) is 14.1. The van der Waals surface area contributed by atoms with Crippen molar-refractivity contribution in [1.82, 2.24) is 4.98 Å². The van der Waals surface area contributed by atoms with Crippen molar-refractivity contribution in [2.75, 3.05) is 10.6 Å². The van der Waals surface area contributed by atoms with Crippen molar-refractivity contribution in [2.45, 2.75) is 6.54 Å². The van der Waals surface area contributed by atoms with Gasteiger partial charge in [0.2, 0.25) is 0 Å². The molecular weight excluding hydrogens is 390 g/mol. The maximum Gasteiger partial charge on any atom is 0.253 e. The van der Waals surface area contributed by atoms with Crippen LogP contribution < -0.4 is 26.2 Å². The standard InChI is InChI=1S/C22H16ClN3O3/c23-15-6-10-17(11-7-15)29-16-8-4-14(5-9-16)13-25-19-20(22(28)21(19)27)26-18-3-1-2-12-24-18/h1-12,25H,13H2,(H,24,26). The molecule has 4 aromatic rings. The lowest BCUT2D eigenvalue weighted by molar-refractivity contribution is 0.482. The first kappa shape index (κ1) is 18.7. The quantitative estimate of drug-likeness (QED) is 0.441. The van der Waals surface area contributed by atoms with E-state index in [-0.39, 0.29) is 11.4 Å². The Labute approximate surface area is 171 Å². The summed E-state index contributed by atoms with van der Waals surface area (Å²) >= 11 is 5.87. The summed E-state index contributed by atoms with van der Waals surface area (Å²) in [5.41, 5.74) is 0.347. The minimum absolute atomic E-state index is 0.233. The molecule has 1 aromatic heterocycles. The van der Waals surface area contributed by atoms with Gasteiger partial charge in [0.05, 0.1) is 0 Å². The third-order valence-corrected chi connectivity index (χ3v) is 4.52. The molecule has 29 heavy (non-hydrogen) atoms. The average Bonchev–Trinajstić information content (AvgIpc) is 2.76. The lowest BCUT2D eigenvalue weighted by Crippen LogP contribution is -2.36. The van der Waals surface area contributed by atoms with E-state index in [9.17, 15) is 9.59 Å². The second kappa shape index (κ2) is 8.16. The molecule has 6 nitrogen and oxygen atoms in total. The molecule has 7 heteroatoms. The van der Waals surface area contributed by atoms with Crippen LogP contribution in [-0.2, 0) is 6.54 Å². The number of ether oxygens (including phenoxy) is 1. The Kier molecular flexibility index (Phi) is 5.27. The zero-order valence-corrected chi connectivity index (χ0v) is 15.9. The number of rotatable bonds is 7. The van der Waals surface area contributed by atoms with Crippen molar-refractivity contribution in [2.24, 2.45) is 0 Å². The number of halogens is 1. The SMILES string of the molecule is O=c1c(NCc2ccc(Oc3ccc(Cl)cc3)cc2)c(Nc2ccccn2)c1=O. The predicted molar refractivity (Wildman–Crippen MR) is 114 cm³/mol. The van der Waals surface area contributed by atoms with Gasteiger partial charge in [-0.3, -0.25) is 9.59 Å². The van der Waals surface area contributed by atoms with Crippen LogP contribution in [0.25, 0.3) is 0 Å². The molecule has 0 aliphatic rings. The molecule has 3 aromatic carbocycles. The van der Waals surface area contributed by atoms with Gasteiger partial charge in [0.15, 0.2) is 0 Å². The lowest BCUT2D eigenvalue weighted by Gasteiger charge is -2.14. The number of benzene rings is 2. The minimum atomic E-state index is -0.551. The molecule has 0 aliphatic heterocycles. The van der Waals surface area contributed by atoms with Gasteiger partial charge in [-0.1, -0.05) is 29.8 Å². The fourth-order valence-electron chi connectivity index (χ4n) is 2.75. The van der Waals surface area contributed by atoms with Crippen molar-refractivity contribution in [3.8, 4) is 11.5 Å². The van der Waals surface area contributed by atoms with Gasteiger partial charge in [0.25, 0.3) is 10.9 Å². The number of hydrogen-bond acceptors (Lipinski definition) is 6. The Bertz CT molecular complexity index is 1180. The monoisotopic (exact) mass is 405 g/mol. The van der Waals surface area contributed by atoms with Crippen LogP contribution in [0.5, 0.6) is 11.5 Å². The van der Waals surface area contributed by atoms with Gasteiger partial charge < -0.3 is 15.4 Å². The highest BCUT2D eigenvalue weighted by Gasteiger charge is 2.21. The molecule has 0 saturated heterocycles. The Morgan fingerprint density at radius 1 is 0.828 bits per heavy atom. The Morgan fingerprint density at radius 2 is 1.48 bits per heavy atom. The van der Waals surface area contributed by atoms with Crippen LogP contribution in [0.3, 0.4) is 0 Å². The van der Waals surface area contributed by atoms with E-state index in [1.165, 1.54) is 0 Å². The number of nitrogens with one attached hydrogen (secondary N) is 2. The van der Waals surface area contributed by atoms with Crippen LogP contribution in [0, 0.1) is 0 Å². The van der Waals surface area contributed by atoms with Crippen molar-refractivity contribution >= 4 is 28.8 Å². The number of aromatic nitrogens is 1. The van der Waals surface area contributed by atoms with Crippen molar-refractivity contribution in [3.05, 3.63) is 104 Å². The second-order valence-electron chi connectivity index (χ2n) is 6.30. The summed E-state index contributed by atoms with van der Waals surface area (Å²) in [5, 5.41) is 6.56. The molecule has 0 aliphatic carbocycles. The molecule has 0 unspecified atom stereocenters. The van der Waals surface area contributed by atoms with Gasteiger partial charge in [-0.2, -0.15) is 0 Å². The first-order valence-electron chi connectivity index (χ1n) is 8.88. The zero-order chi connectivity index (χ0) is 20.2. The van der Waals surface area contributed by atoms with Crippen LogP contribution in [0.1, 0.15) is 5.56 Å². The molecule has 144 valence electrons. The summed E-state index contributed by atoms with van der Waals surface area (Å²) in [6, 6.07) is 19.8. The van der Waals surface area contributed by atoms with E-state index in [0.717, 1.165) is 5.56 Å². The lowest BCUT2D eigenvalue weighted by atomic mass is 10.1. The molecule has 0 saturated carbocycles. The highest BCUT2D eigenvalue weighted by molar-refractivity contribution is 6.30. The molecule has 0 spiro atoms. The Balaban J connectivity index is 1.39. The predicted octanol–water partition coefficient (Wildman–Crippen LogP) is 4.48. The third-order valence-electron chi connectivity index (χ3n) is 4.27. The number of nitrogens with zero attached hydrogens (tertiary/aromatic N) is 1. The summed E-state index contributed by atoms with van der Waals surface area (Å²) in [6.45, 7) is 0.392. The van der Waals surface area contributed by atoms with Crippen molar-refractivity contribution < 1.29 is 4.74 Å². The Morgan fingerprint density at radius 3 is 2.14 bits per heavy atom. The van der Waals surface area contributed by atoms with Gasteiger partial charge in [-0.05, 0) is 54.1 Å². The second-order valence-corrected chi connectivity index (χ2v) is 6.74. The van der Waals surface area contributed by atoms with Crippen LogP contribution in [0.2, 0.25) is 5.02 Å². The van der Waals surface area contributed by atoms with Crippen molar-refractivity contribution in [3.63, 3.8) is 0 Å². The summed E-state index contributed by atoms with van der Waals surface area (Å²) < 4.78 is 5.76. The van der Waals surface area contributed by atoms with E-state index in [2.05, 4.69) is 15.6 Å². The van der Waals surface area contributed by atoms with E-state index in [1.54, 1.807) is 48.7 Å². The number of pyridine rings is 1. The van der Waals surface area contributed by atoms with E-state index in [4.69, 9.17) is 16.3 Å². The van der Waals surface area contributed by atoms with E-state index in [1.807, 2.05) is 24.3 Å². The average molecular weight is 406 g/mol. The molecule has 0 atom stereocenters. The highest BCUT2D eigenvalue weighted by Crippen LogP contribution is 2.24. The summed E-state index contributed by atoms with van der Waals surface area (Å²) in [6.07, 6.45) is 1.61. The van der Waals surface area contributed by atoms with Crippen LogP contribution in [0.4, 0.5) is 17.2 Å². The molecule has 1 heterocycles. The zero-order valence-electron chi connectivity index (χ0n) is 15.2. The number of hydrogen-bond donors (Lipinski definition) is 2. The number of anilines is 3. The molecule has 0 radical (unpaired) electrons. The molecule has 2 N–H and O–H groups in total. The minimum Gasteiger partial charge on any atom is -0.457 e. The van der Waals surface area contributed by atoms with E-state index < -0.39 is 10.9 Å². The molecule has 0 amide bonds. The maximum absolute atomic E-state index is 11.9. The Hall–Kier alpha value is -3.64. The molecular formula is C22H16ClN3O3. The fourth-order valence-corrected chi connectivity index (χ4v) is 2.87. The first-order valence-corrected chi connectivity index (χ1v) is 9.25. The topological polar surface area (TPSA) is 80.3 Å². The normalized spacial score (nSPS) is 10.7. The summed E-state index contributed by atoms with van der Waals surface area (Å²) in [5.74, 6) is 1.88. The maximum atomic E-state index is 11.9. The van der Waals surface area contributed by atoms with E-state index >= 15 is 0 Å². The van der Waals surface area contributed by atoms with Crippen LogP contribution >= 0.6 is 11.6 Å². The third kappa shape index (κ3) is 4.28. The highest BCUT2D eigenvalue weighted by atomic mass is 35.5. The van der Waals surface area contributed by atoms with Crippen molar-refractivity contribution in [1.29, 1.82) is 0 Å². The smallest absolute Gasteiger partial charge is 0.253 e. The van der Waals surface area contributed by atoms with E-state index in [0.29, 0.717) is 28.9 Å². The summed E-state index contributed by atoms with van der Waals surface area (Å²) in [4.78, 5) is 27.9. The van der Waals surface area contributed by atoms with Gasteiger partial charge in [-0.15, -0.1) is 0 Å². The van der Waals surface area contributed by atoms with Gasteiger partial charge >= 0.3 is 0 Å². The summed E-state index contributed by atoms with van der Waals surface area (Å²) in [7, 11) is 0. The largest absolute Gasteiger partial charge is 0.457 e. The van der Waals surface area contributed by atoms with Crippen LogP contribution in [-0.4, -0.2) is 4.98 Å². The van der Waals surface area contributed by atoms with Gasteiger partial charge in [0, 0.05) is 17.8 Å². The van der Waals surface area contributed by atoms with Gasteiger partial charge in [-0.25, -0.2) is 4.98 Å². The molecule has 0 bridgehead atoms. The molecule has 0 fully saturated rings. The van der Waals surface area contributed by atoms with Crippen LogP contribution in [0.15, 0.2) is 82.5 Å². The molecule has 4 rings (SSSR count). The fraction of sp³-hybridized carbons (Fsp3) is 0.0455. The van der Waals surface area contributed by atoms with Gasteiger partial charge in [0.1, 0.15) is 28.7 Å².